The molecule has 164 valence electrons. The number of alkyl halides is 6. The number of ether oxygens (including phenoxy) is 1. The average molecular weight is 434 g/mol. The van der Waals surface area contributed by atoms with E-state index in [0.29, 0.717) is 17.1 Å². The summed E-state index contributed by atoms with van der Waals surface area (Å²) < 4.78 is 74.6. The molecule has 1 aromatic rings. The minimum atomic E-state index is -4.64. The van der Waals surface area contributed by atoms with Crippen LogP contribution < -0.4 is 5.32 Å². The highest BCUT2D eigenvalue weighted by Crippen LogP contribution is 2.29. The van der Waals surface area contributed by atoms with Crippen molar-refractivity contribution >= 4 is 13.0 Å². The summed E-state index contributed by atoms with van der Waals surface area (Å²) in [6.07, 6.45) is -2.32. The SMILES string of the molecule is C=N/C(C1=CC=CCC1)=C(/NC)OCc1ccc(C(F)(F)F)cc1.O=CC(F)(F)F. The maximum atomic E-state index is 12.6. The van der Waals surface area contributed by atoms with E-state index in [4.69, 9.17) is 9.53 Å². The Morgan fingerprint density at radius 1 is 1.20 bits per heavy atom. The summed E-state index contributed by atoms with van der Waals surface area (Å²) in [7, 11) is 1.70. The van der Waals surface area contributed by atoms with Crippen LogP contribution >= 0.6 is 0 Å². The van der Waals surface area contributed by atoms with Gasteiger partial charge in [-0.05, 0) is 42.8 Å². The van der Waals surface area contributed by atoms with Gasteiger partial charge in [0.2, 0.25) is 12.2 Å². The first-order valence-corrected chi connectivity index (χ1v) is 8.58. The second-order valence-corrected chi connectivity index (χ2v) is 5.89. The summed E-state index contributed by atoms with van der Waals surface area (Å²) in [5.74, 6) is 0.450. The van der Waals surface area contributed by atoms with Crippen LogP contribution in [0.3, 0.4) is 0 Å². The third-order valence-corrected chi connectivity index (χ3v) is 3.72. The van der Waals surface area contributed by atoms with Crippen molar-refractivity contribution in [3.05, 3.63) is 70.8 Å². The van der Waals surface area contributed by atoms with Crippen LogP contribution in [0.2, 0.25) is 0 Å². The van der Waals surface area contributed by atoms with Crippen LogP contribution in [0.5, 0.6) is 0 Å². The van der Waals surface area contributed by atoms with Crippen LogP contribution in [0.25, 0.3) is 0 Å². The average Bonchev–Trinajstić information content (AvgIpc) is 2.71. The molecule has 1 N–H and O–H groups in total. The van der Waals surface area contributed by atoms with E-state index < -0.39 is 24.2 Å². The third-order valence-electron chi connectivity index (χ3n) is 3.72. The topological polar surface area (TPSA) is 50.7 Å². The lowest BCUT2D eigenvalue weighted by Gasteiger charge is -2.16. The van der Waals surface area contributed by atoms with Gasteiger partial charge in [-0.25, -0.2) is 0 Å². The molecule has 0 saturated heterocycles. The molecule has 4 nitrogen and oxygen atoms in total. The molecule has 1 aliphatic rings. The van der Waals surface area contributed by atoms with Crippen LogP contribution in [0, 0.1) is 0 Å². The molecule has 0 radical (unpaired) electrons. The lowest BCUT2D eigenvalue weighted by Crippen LogP contribution is -2.14. The maximum absolute atomic E-state index is 12.6. The Morgan fingerprint density at radius 3 is 2.20 bits per heavy atom. The van der Waals surface area contributed by atoms with Gasteiger partial charge in [0.25, 0.3) is 0 Å². The molecule has 0 amide bonds. The Kier molecular flexibility index (Phi) is 9.35. The monoisotopic (exact) mass is 434 g/mol. The van der Waals surface area contributed by atoms with Gasteiger partial charge in [0, 0.05) is 7.05 Å². The summed E-state index contributed by atoms with van der Waals surface area (Å²) in [6, 6.07) is 4.89. The van der Waals surface area contributed by atoms with Crippen molar-refractivity contribution < 1.29 is 35.9 Å². The molecular weight excluding hydrogens is 414 g/mol. The number of aldehydes is 1. The van der Waals surface area contributed by atoms with Crippen molar-refractivity contribution in [1.82, 2.24) is 5.32 Å². The largest absolute Gasteiger partial charge is 0.473 e. The molecule has 0 bridgehead atoms. The Labute approximate surface area is 169 Å². The summed E-state index contributed by atoms with van der Waals surface area (Å²) in [5.41, 5.74) is 1.58. The van der Waals surface area contributed by atoms with Crippen LogP contribution in [0.15, 0.2) is 64.6 Å². The molecular formula is C20H20F6N2O2. The second-order valence-electron chi connectivity index (χ2n) is 5.89. The molecule has 0 atom stereocenters. The van der Waals surface area contributed by atoms with Gasteiger partial charge in [0.05, 0.1) is 5.56 Å². The number of halogens is 6. The first-order valence-electron chi connectivity index (χ1n) is 8.58. The quantitative estimate of drug-likeness (QED) is 0.285. The number of hydrogen-bond acceptors (Lipinski definition) is 4. The van der Waals surface area contributed by atoms with E-state index in [9.17, 15) is 26.3 Å². The van der Waals surface area contributed by atoms with Crippen LogP contribution in [-0.2, 0) is 22.3 Å². The third kappa shape index (κ3) is 8.54. The highest BCUT2D eigenvalue weighted by molar-refractivity contribution is 5.56. The van der Waals surface area contributed by atoms with Crippen molar-refractivity contribution in [2.24, 2.45) is 4.99 Å². The lowest BCUT2D eigenvalue weighted by atomic mass is 10.0. The number of nitrogens with one attached hydrogen (secondary N) is 1. The van der Waals surface area contributed by atoms with Crippen LogP contribution in [0.4, 0.5) is 26.3 Å². The molecule has 0 saturated carbocycles. The minimum absolute atomic E-state index is 0.135. The molecule has 30 heavy (non-hydrogen) atoms. The molecule has 0 unspecified atom stereocenters. The van der Waals surface area contributed by atoms with E-state index in [-0.39, 0.29) is 6.61 Å². The smallest absolute Gasteiger partial charge is 0.446 e. The molecule has 10 heteroatoms. The Bertz CT molecular complexity index is 806. The number of carbonyl (C=O) groups excluding carboxylic acids is 1. The zero-order valence-electron chi connectivity index (χ0n) is 16.0. The lowest BCUT2D eigenvalue weighted by molar-refractivity contribution is -0.156. The fraction of sp³-hybridized carbons (Fsp3) is 0.300. The second kappa shape index (κ2) is 11.2. The normalized spacial score (nSPS) is 14.6. The first kappa shape index (κ1) is 25.0. The number of benzene rings is 1. The summed E-state index contributed by atoms with van der Waals surface area (Å²) in [5, 5.41) is 2.93. The zero-order valence-corrected chi connectivity index (χ0v) is 16.0. The molecule has 0 aliphatic heterocycles. The fourth-order valence-electron chi connectivity index (χ4n) is 2.32. The van der Waals surface area contributed by atoms with Crippen LogP contribution in [-0.4, -0.2) is 26.2 Å². The van der Waals surface area contributed by atoms with Gasteiger partial charge in [0.15, 0.2) is 0 Å². The number of nitrogens with zero attached hydrogens (tertiary/aromatic N) is 1. The molecule has 2 rings (SSSR count). The van der Waals surface area contributed by atoms with Crippen molar-refractivity contribution in [3.63, 3.8) is 0 Å². The highest BCUT2D eigenvalue weighted by Gasteiger charge is 2.30. The van der Waals surface area contributed by atoms with E-state index in [2.05, 4.69) is 23.1 Å². The number of allylic oxidation sites excluding steroid dienone is 4. The van der Waals surface area contributed by atoms with E-state index >= 15 is 0 Å². The molecule has 1 aliphatic carbocycles. The van der Waals surface area contributed by atoms with Gasteiger partial charge in [0.1, 0.15) is 12.3 Å². The number of carbonyl (C=O) groups is 1. The van der Waals surface area contributed by atoms with Crippen molar-refractivity contribution in [1.29, 1.82) is 0 Å². The Morgan fingerprint density at radius 2 is 1.80 bits per heavy atom. The van der Waals surface area contributed by atoms with E-state index in [1.165, 1.54) is 12.1 Å². The van der Waals surface area contributed by atoms with Gasteiger partial charge >= 0.3 is 12.4 Å². The number of hydrogen-bond donors (Lipinski definition) is 1. The van der Waals surface area contributed by atoms with Gasteiger partial charge in [-0.1, -0.05) is 30.4 Å². The van der Waals surface area contributed by atoms with E-state index in [0.717, 1.165) is 30.5 Å². The molecule has 0 heterocycles. The zero-order chi connectivity index (χ0) is 22.8. The Hall–Kier alpha value is -3.04. The van der Waals surface area contributed by atoms with Crippen molar-refractivity contribution in [2.45, 2.75) is 31.8 Å². The standard InChI is InChI=1S/C18H19F3N2O.C2HF3O/c1-22-16(14-6-4-3-5-7-14)17(23-2)24-12-13-8-10-15(11-9-13)18(19,20)21;3-2(4,5)1-6/h3-4,6,8-11,23H,1,5,7,12H2,2H3;1H/b17-16-;. The predicted octanol–water partition coefficient (Wildman–Crippen LogP) is 5.34. The predicted molar refractivity (Wildman–Crippen MR) is 100 cm³/mol. The first-order chi connectivity index (χ1) is 14.0. The van der Waals surface area contributed by atoms with Gasteiger partial charge in [-0.2, -0.15) is 26.3 Å². The summed E-state index contributed by atoms with van der Waals surface area (Å²) in [6.45, 7) is 3.72. The minimum Gasteiger partial charge on any atom is -0.473 e. The van der Waals surface area contributed by atoms with Gasteiger partial charge < -0.3 is 10.1 Å². The molecule has 0 aromatic heterocycles. The van der Waals surface area contributed by atoms with Gasteiger partial charge in [-0.3, -0.25) is 9.79 Å². The van der Waals surface area contributed by atoms with E-state index in [1.807, 2.05) is 12.2 Å². The summed E-state index contributed by atoms with van der Waals surface area (Å²) >= 11 is 0. The highest BCUT2D eigenvalue weighted by atomic mass is 19.4. The summed E-state index contributed by atoms with van der Waals surface area (Å²) in [4.78, 5) is 12.7. The van der Waals surface area contributed by atoms with Crippen molar-refractivity contribution in [2.75, 3.05) is 7.05 Å². The number of rotatable bonds is 6. The maximum Gasteiger partial charge on any atom is 0.446 e. The molecule has 1 aromatic carbocycles. The Balaban J connectivity index is 0.000000656. The van der Waals surface area contributed by atoms with E-state index in [1.54, 1.807) is 7.05 Å². The number of aliphatic imine (C=N–C) groups is 1. The van der Waals surface area contributed by atoms with Crippen LogP contribution in [0.1, 0.15) is 24.0 Å². The fourth-order valence-corrected chi connectivity index (χ4v) is 2.32. The van der Waals surface area contributed by atoms with Gasteiger partial charge in [-0.15, -0.1) is 0 Å². The molecule has 0 fully saturated rings. The van der Waals surface area contributed by atoms with Crippen molar-refractivity contribution in [3.8, 4) is 0 Å². The molecule has 0 spiro atoms.